The summed E-state index contributed by atoms with van der Waals surface area (Å²) in [7, 11) is 3.91. The minimum atomic E-state index is 0.0297. The molecule has 1 aromatic carbocycles. The van der Waals surface area contributed by atoms with Gasteiger partial charge >= 0.3 is 0 Å². The fraction of sp³-hybridized carbons (Fsp3) is 0.389. The van der Waals surface area contributed by atoms with Crippen LogP contribution in [0.2, 0.25) is 0 Å². The molecular formula is C18H25N3O2. The topological polar surface area (TPSA) is 57.5 Å². The summed E-state index contributed by atoms with van der Waals surface area (Å²) < 4.78 is 5.65. The first-order valence-electron chi connectivity index (χ1n) is 7.93. The molecule has 5 nitrogen and oxygen atoms in total. The molecule has 0 radical (unpaired) electrons. The number of carbonyl (C=O) groups excluding carboxylic acids is 1. The van der Waals surface area contributed by atoms with E-state index in [-0.39, 0.29) is 5.91 Å². The molecule has 124 valence electrons. The van der Waals surface area contributed by atoms with Gasteiger partial charge in [-0.1, -0.05) is 6.92 Å². The van der Waals surface area contributed by atoms with Crippen molar-refractivity contribution < 1.29 is 9.21 Å². The van der Waals surface area contributed by atoms with Gasteiger partial charge in [-0.15, -0.1) is 0 Å². The molecule has 23 heavy (non-hydrogen) atoms. The van der Waals surface area contributed by atoms with Gasteiger partial charge in [0.25, 0.3) is 0 Å². The molecule has 0 bridgehead atoms. The summed E-state index contributed by atoms with van der Waals surface area (Å²) in [5, 5.41) is 6.20. The summed E-state index contributed by atoms with van der Waals surface area (Å²) in [5.74, 6) is 1.95. The van der Waals surface area contributed by atoms with E-state index >= 15 is 0 Å². The van der Waals surface area contributed by atoms with Gasteiger partial charge in [0.2, 0.25) is 5.91 Å². The average Bonchev–Trinajstić information content (AvgIpc) is 3.00. The highest BCUT2D eigenvalue weighted by atomic mass is 16.3. The van der Waals surface area contributed by atoms with E-state index in [1.807, 2.05) is 55.4 Å². The number of nitrogens with zero attached hydrogens (tertiary/aromatic N) is 1. The summed E-state index contributed by atoms with van der Waals surface area (Å²) in [6.45, 7) is 3.46. The molecular weight excluding hydrogens is 290 g/mol. The van der Waals surface area contributed by atoms with Gasteiger partial charge in [-0.2, -0.15) is 0 Å². The highest BCUT2D eigenvalue weighted by Gasteiger charge is 2.04. The van der Waals surface area contributed by atoms with Crippen molar-refractivity contribution in [1.82, 2.24) is 4.90 Å². The van der Waals surface area contributed by atoms with Gasteiger partial charge in [0, 0.05) is 30.8 Å². The molecule has 0 saturated heterocycles. The Morgan fingerprint density at radius 2 is 1.70 bits per heavy atom. The van der Waals surface area contributed by atoms with Crippen LogP contribution >= 0.6 is 0 Å². The largest absolute Gasteiger partial charge is 0.464 e. The predicted molar refractivity (Wildman–Crippen MR) is 93.7 cm³/mol. The van der Waals surface area contributed by atoms with Crippen LogP contribution in [-0.4, -0.2) is 31.4 Å². The summed E-state index contributed by atoms with van der Waals surface area (Å²) in [6, 6.07) is 11.7. The third kappa shape index (κ3) is 5.79. The summed E-state index contributed by atoms with van der Waals surface area (Å²) >= 11 is 0. The Morgan fingerprint density at radius 3 is 2.30 bits per heavy atom. The number of rotatable bonds is 8. The van der Waals surface area contributed by atoms with Crippen LogP contribution in [0.4, 0.5) is 11.4 Å². The molecule has 0 aliphatic carbocycles. The van der Waals surface area contributed by atoms with E-state index in [4.69, 9.17) is 4.42 Å². The average molecular weight is 315 g/mol. The van der Waals surface area contributed by atoms with E-state index in [9.17, 15) is 4.79 Å². The molecule has 2 aromatic rings. The van der Waals surface area contributed by atoms with Crippen LogP contribution in [0.1, 0.15) is 24.9 Å². The number of benzene rings is 1. The third-order valence-electron chi connectivity index (χ3n) is 3.49. The fourth-order valence-corrected chi connectivity index (χ4v) is 2.12. The molecule has 0 atom stereocenters. The van der Waals surface area contributed by atoms with E-state index in [1.54, 1.807) is 0 Å². The smallest absolute Gasteiger partial charge is 0.225 e. The summed E-state index contributed by atoms with van der Waals surface area (Å²) in [5.41, 5.74) is 1.80. The number of carbonyl (C=O) groups is 1. The van der Waals surface area contributed by atoms with Crippen molar-refractivity contribution in [2.75, 3.05) is 31.3 Å². The quantitative estimate of drug-likeness (QED) is 0.784. The van der Waals surface area contributed by atoms with Crippen molar-refractivity contribution in [2.24, 2.45) is 0 Å². The Balaban J connectivity index is 1.80. The SMILES string of the molecule is CCc1ccc(CNc2ccc(NC(=O)CCN(C)C)cc2)o1. The zero-order valence-electron chi connectivity index (χ0n) is 14.1. The lowest BCUT2D eigenvalue weighted by Crippen LogP contribution is -2.20. The molecule has 0 aliphatic rings. The van der Waals surface area contributed by atoms with Gasteiger partial charge in [0.1, 0.15) is 11.5 Å². The van der Waals surface area contributed by atoms with E-state index in [2.05, 4.69) is 17.6 Å². The normalized spacial score (nSPS) is 10.8. The Hall–Kier alpha value is -2.27. The molecule has 2 rings (SSSR count). The van der Waals surface area contributed by atoms with Crippen molar-refractivity contribution in [3.63, 3.8) is 0 Å². The molecule has 0 aliphatic heterocycles. The maximum Gasteiger partial charge on any atom is 0.225 e. The van der Waals surface area contributed by atoms with Gasteiger partial charge in [-0.05, 0) is 50.5 Å². The van der Waals surface area contributed by atoms with Gasteiger partial charge in [0.05, 0.1) is 6.54 Å². The number of aryl methyl sites for hydroxylation is 1. The number of amides is 1. The first-order chi connectivity index (χ1) is 11.1. The monoisotopic (exact) mass is 315 g/mol. The maximum absolute atomic E-state index is 11.8. The van der Waals surface area contributed by atoms with Crippen LogP contribution in [0.3, 0.4) is 0 Å². The fourth-order valence-electron chi connectivity index (χ4n) is 2.12. The van der Waals surface area contributed by atoms with Crippen LogP contribution in [0, 0.1) is 0 Å². The number of nitrogens with one attached hydrogen (secondary N) is 2. The van der Waals surface area contributed by atoms with E-state index in [0.29, 0.717) is 13.0 Å². The molecule has 0 spiro atoms. The number of anilines is 2. The first kappa shape index (κ1) is 17.1. The highest BCUT2D eigenvalue weighted by Crippen LogP contribution is 2.16. The van der Waals surface area contributed by atoms with Crippen LogP contribution in [0.5, 0.6) is 0 Å². The second-order valence-electron chi connectivity index (χ2n) is 5.75. The molecule has 1 heterocycles. The minimum Gasteiger partial charge on any atom is -0.464 e. The van der Waals surface area contributed by atoms with Crippen molar-refractivity contribution in [3.8, 4) is 0 Å². The highest BCUT2D eigenvalue weighted by molar-refractivity contribution is 5.90. The van der Waals surface area contributed by atoms with E-state index in [0.717, 1.165) is 35.9 Å². The van der Waals surface area contributed by atoms with E-state index in [1.165, 1.54) is 0 Å². The number of hydrogen-bond donors (Lipinski definition) is 2. The molecule has 1 amide bonds. The van der Waals surface area contributed by atoms with Crippen molar-refractivity contribution in [1.29, 1.82) is 0 Å². The van der Waals surface area contributed by atoms with Gasteiger partial charge in [0.15, 0.2) is 0 Å². The summed E-state index contributed by atoms with van der Waals surface area (Å²) in [4.78, 5) is 13.8. The van der Waals surface area contributed by atoms with E-state index < -0.39 is 0 Å². The Bertz CT molecular complexity index is 617. The Morgan fingerprint density at radius 1 is 1.04 bits per heavy atom. The lowest BCUT2D eigenvalue weighted by Gasteiger charge is -2.10. The van der Waals surface area contributed by atoms with Gasteiger partial charge in [-0.3, -0.25) is 4.79 Å². The molecule has 2 N–H and O–H groups in total. The van der Waals surface area contributed by atoms with Gasteiger partial charge in [-0.25, -0.2) is 0 Å². The predicted octanol–water partition coefficient (Wildman–Crippen LogP) is 3.34. The van der Waals surface area contributed by atoms with Crippen molar-refractivity contribution in [2.45, 2.75) is 26.3 Å². The van der Waals surface area contributed by atoms with Crippen molar-refractivity contribution >= 4 is 17.3 Å². The Kier molecular flexibility index (Phi) is 6.23. The third-order valence-corrected chi connectivity index (χ3v) is 3.49. The molecule has 0 fully saturated rings. The maximum atomic E-state index is 11.8. The summed E-state index contributed by atoms with van der Waals surface area (Å²) in [6.07, 6.45) is 1.40. The Labute approximate surface area is 137 Å². The first-order valence-corrected chi connectivity index (χ1v) is 7.93. The number of furan rings is 1. The second kappa shape index (κ2) is 8.39. The van der Waals surface area contributed by atoms with Crippen LogP contribution in [-0.2, 0) is 17.8 Å². The lowest BCUT2D eigenvalue weighted by atomic mass is 10.2. The standard InChI is InChI=1S/C18H25N3O2/c1-4-16-9-10-17(23-16)13-19-14-5-7-15(8-6-14)20-18(22)11-12-21(2)3/h5-10,19H,4,11-13H2,1-3H3,(H,20,22). The van der Waals surface area contributed by atoms with Gasteiger partial charge < -0.3 is 20.0 Å². The van der Waals surface area contributed by atoms with Crippen LogP contribution < -0.4 is 10.6 Å². The minimum absolute atomic E-state index is 0.0297. The molecule has 0 unspecified atom stereocenters. The zero-order valence-corrected chi connectivity index (χ0v) is 14.1. The molecule has 1 aromatic heterocycles. The number of hydrogen-bond acceptors (Lipinski definition) is 4. The van der Waals surface area contributed by atoms with Crippen LogP contribution in [0.25, 0.3) is 0 Å². The van der Waals surface area contributed by atoms with Crippen LogP contribution in [0.15, 0.2) is 40.8 Å². The molecule has 0 saturated carbocycles. The second-order valence-corrected chi connectivity index (χ2v) is 5.75. The lowest BCUT2D eigenvalue weighted by molar-refractivity contribution is -0.116. The zero-order chi connectivity index (χ0) is 16.7. The molecule has 5 heteroatoms. The van der Waals surface area contributed by atoms with Crippen molar-refractivity contribution in [3.05, 3.63) is 47.9 Å².